The molecule has 0 aromatic heterocycles. The summed E-state index contributed by atoms with van der Waals surface area (Å²) >= 11 is 14.0. The van der Waals surface area contributed by atoms with Crippen molar-refractivity contribution in [3.05, 3.63) is 36.6 Å². The molecule has 0 saturated carbocycles. The Balaban J connectivity index is 2.24. The molecule has 1 fully saturated rings. The highest BCUT2D eigenvalue weighted by Gasteiger charge is 2.34. The van der Waals surface area contributed by atoms with Crippen LogP contribution in [0.1, 0.15) is 6.42 Å². The molecule has 98 valence electrons. The van der Waals surface area contributed by atoms with Crippen LogP contribution in [-0.4, -0.2) is 18.8 Å². The van der Waals surface area contributed by atoms with Crippen LogP contribution in [0.4, 0.5) is 0 Å². The SMILES string of the molecule is C=CCC(Oc1cc(Br)c(Br)c(Br)c1Br)C1CO1. The van der Waals surface area contributed by atoms with Crippen molar-refractivity contribution in [2.75, 3.05) is 6.61 Å². The zero-order valence-electron chi connectivity index (χ0n) is 9.26. The third kappa shape index (κ3) is 3.39. The van der Waals surface area contributed by atoms with E-state index in [2.05, 4.69) is 70.3 Å². The number of epoxide rings is 1. The van der Waals surface area contributed by atoms with Crippen molar-refractivity contribution in [1.29, 1.82) is 0 Å². The first-order valence-corrected chi connectivity index (χ1v) is 8.44. The van der Waals surface area contributed by atoms with Gasteiger partial charge in [0.25, 0.3) is 0 Å². The molecule has 0 radical (unpaired) electrons. The molecule has 0 bridgehead atoms. The molecule has 2 atom stereocenters. The number of halogens is 4. The predicted octanol–water partition coefficient (Wildman–Crippen LogP) is 5.46. The summed E-state index contributed by atoms with van der Waals surface area (Å²) in [6.45, 7) is 4.51. The minimum Gasteiger partial charge on any atom is -0.486 e. The van der Waals surface area contributed by atoms with E-state index in [0.717, 1.165) is 36.7 Å². The second-order valence-electron chi connectivity index (χ2n) is 3.85. The molecule has 6 heteroatoms. The Morgan fingerprint density at radius 2 is 2.00 bits per heavy atom. The van der Waals surface area contributed by atoms with E-state index in [-0.39, 0.29) is 12.2 Å². The Morgan fingerprint density at radius 1 is 1.33 bits per heavy atom. The zero-order valence-corrected chi connectivity index (χ0v) is 15.6. The summed E-state index contributed by atoms with van der Waals surface area (Å²) in [6.07, 6.45) is 2.81. The normalized spacial score (nSPS) is 19.4. The van der Waals surface area contributed by atoms with E-state index in [4.69, 9.17) is 9.47 Å². The molecule has 1 aromatic rings. The van der Waals surface area contributed by atoms with Gasteiger partial charge in [-0.15, -0.1) is 6.58 Å². The smallest absolute Gasteiger partial charge is 0.136 e. The molecule has 1 aliphatic heterocycles. The third-order valence-corrected chi connectivity index (χ3v) is 7.15. The highest BCUT2D eigenvalue weighted by Crippen LogP contribution is 2.43. The summed E-state index contributed by atoms with van der Waals surface area (Å²) < 4.78 is 15.0. The lowest BCUT2D eigenvalue weighted by Gasteiger charge is -2.18. The molecule has 0 N–H and O–H groups in total. The second kappa shape index (κ2) is 6.39. The van der Waals surface area contributed by atoms with Crippen molar-refractivity contribution < 1.29 is 9.47 Å². The molecule has 0 amide bonds. The summed E-state index contributed by atoms with van der Waals surface area (Å²) in [7, 11) is 0. The summed E-state index contributed by atoms with van der Waals surface area (Å²) in [5.74, 6) is 0.777. The van der Waals surface area contributed by atoms with Gasteiger partial charge in [0.05, 0.1) is 15.6 Å². The molecule has 2 nitrogen and oxygen atoms in total. The van der Waals surface area contributed by atoms with E-state index < -0.39 is 0 Å². The first kappa shape index (κ1) is 15.0. The molecule has 1 aliphatic rings. The maximum Gasteiger partial charge on any atom is 0.136 e. The molecular weight excluding hydrogens is 496 g/mol. The van der Waals surface area contributed by atoms with Gasteiger partial charge in [-0.1, -0.05) is 6.08 Å². The van der Waals surface area contributed by atoms with Crippen LogP contribution < -0.4 is 4.74 Å². The Hall–Kier alpha value is 0.640. The summed E-state index contributed by atoms with van der Waals surface area (Å²) in [5, 5.41) is 0. The van der Waals surface area contributed by atoms with E-state index in [9.17, 15) is 0 Å². The number of hydrogen-bond donors (Lipinski definition) is 0. The number of hydrogen-bond acceptors (Lipinski definition) is 2. The Kier molecular flexibility index (Phi) is 5.34. The van der Waals surface area contributed by atoms with Crippen LogP contribution in [0.25, 0.3) is 0 Å². The van der Waals surface area contributed by atoms with Crippen LogP contribution in [0.3, 0.4) is 0 Å². The Morgan fingerprint density at radius 3 is 2.56 bits per heavy atom. The van der Waals surface area contributed by atoms with Crippen LogP contribution >= 0.6 is 63.7 Å². The van der Waals surface area contributed by atoms with Gasteiger partial charge in [0, 0.05) is 15.4 Å². The molecule has 1 saturated heterocycles. The van der Waals surface area contributed by atoms with Gasteiger partial charge in [0.2, 0.25) is 0 Å². The molecule has 2 unspecified atom stereocenters. The van der Waals surface area contributed by atoms with E-state index in [1.54, 1.807) is 0 Å². The summed E-state index contributed by atoms with van der Waals surface area (Å²) in [6, 6.07) is 1.93. The van der Waals surface area contributed by atoms with Gasteiger partial charge in [0.15, 0.2) is 0 Å². The van der Waals surface area contributed by atoms with Crippen LogP contribution in [0.5, 0.6) is 5.75 Å². The first-order chi connectivity index (χ1) is 8.54. The van der Waals surface area contributed by atoms with Gasteiger partial charge < -0.3 is 9.47 Å². The molecule has 0 spiro atoms. The fourth-order valence-electron chi connectivity index (χ4n) is 1.51. The Labute approximate surface area is 140 Å². The van der Waals surface area contributed by atoms with Gasteiger partial charge >= 0.3 is 0 Å². The predicted molar refractivity (Wildman–Crippen MR) is 86.2 cm³/mol. The van der Waals surface area contributed by atoms with Gasteiger partial charge in [-0.2, -0.15) is 0 Å². The maximum absolute atomic E-state index is 6.00. The van der Waals surface area contributed by atoms with Crippen molar-refractivity contribution in [2.45, 2.75) is 18.6 Å². The summed E-state index contributed by atoms with van der Waals surface area (Å²) in [5.41, 5.74) is 0. The number of rotatable bonds is 5. The monoisotopic (exact) mass is 502 g/mol. The lowest BCUT2D eigenvalue weighted by Crippen LogP contribution is -2.22. The molecule has 18 heavy (non-hydrogen) atoms. The average Bonchev–Trinajstić information content (AvgIpc) is 3.16. The highest BCUT2D eigenvalue weighted by molar-refractivity contribution is 9.15. The van der Waals surface area contributed by atoms with E-state index >= 15 is 0 Å². The fraction of sp³-hybridized carbons (Fsp3) is 0.333. The third-order valence-electron chi connectivity index (χ3n) is 2.52. The maximum atomic E-state index is 6.00. The van der Waals surface area contributed by atoms with E-state index in [1.807, 2.05) is 12.1 Å². The van der Waals surface area contributed by atoms with Crippen LogP contribution in [0.15, 0.2) is 36.6 Å². The van der Waals surface area contributed by atoms with Gasteiger partial charge in [-0.25, -0.2) is 0 Å². The van der Waals surface area contributed by atoms with Crippen molar-refractivity contribution >= 4 is 63.7 Å². The minimum absolute atomic E-state index is 0.0128. The minimum atomic E-state index is 0.0128. The topological polar surface area (TPSA) is 21.8 Å². The molecule has 2 rings (SSSR count). The zero-order chi connectivity index (χ0) is 13.3. The van der Waals surface area contributed by atoms with Gasteiger partial charge in [-0.05, 0) is 69.8 Å². The quantitative estimate of drug-likeness (QED) is 0.229. The number of benzene rings is 1. The van der Waals surface area contributed by atoms with Crippen molar-refractivity contribution in [3.8, 4) is 5.75 Å². The summed E-state index contributed by atoms with van der Waals surface area (Å²) in [4.78, 5) is 0. The second-order valence-corrected chi connectivity index (χ2v) is 7.08. The largest absolute Gasteiger partial charge is 0.486 e. The van der Waals surface area contributed by atoms with Crippen LogP contribution in [0.2, 0.25) is 0 Å². The average molecular weight is 506 g/mol. The van der Waals surface area contributed by atoms with Gasteiger partial charge in [0.1, 0.15) is 18.0 Å². The van der Waals surface area contributed by atoms with Gasteiger partial charge in [-0.3, -0.25) is 0 Å². The highest BCUT2D eigenvalue weighted by atomic mass is 79.9. The van der Waals surface area contributed by atoms with E-state index in [0.29, 0.717) is 0 Å². The van der Waals surface area contributed by atoms with Crippen molar-refractivity contribution in [3.63, 3.8) is 0 Å². The van der Waals surface area contributed by atoms with Crippen LogP contribution in [-0.2, 0) is 4.74 Å². The van der Waals surface area contributed by atoms with Crippen molar-refractivity contribution in [1.82, 2.24) is 0 Å². The standard InChI is InChI=1S/C12H10Br4O2/c1-2-3-7(9-5-17-9)18-8-4-6(13)10(14)12(16)11(8)15/h2,4,7,9H,1,3,5H2. The molecular formula is C12H10Br4O2. The Bertz CT molecular complexity index is 472. The van der Waals surface area contributed by atoms with E-state index in [1.165, 1.54) is 0 Å². The van der Waals surface area contributed by atoms with Crippen LogP contribution in [0, 0.1) is 0 Å². The molecule has 1 aromatic carbocycles. The lowest BCUT2D eigenvalue weighted by molar-refractivity contribution is 0.160. The molecule has 0 aliphatic carbocycles. The lowest BCUT2D eigenvalue weighted by atomic mass is 10.2. The first-order valence-electron chi connectivity index (χ1n) is 5.26. The van der Waals surface area contributed by atoms with Crippen molar-refractivity contribution in [2.24, 2.45) is 0 Å². The number of ether oxygens (including phenoxy) is 2. The molecule has 1 heterocycles. The fourth-order valence-corrected chi connectivity index (χ4v) is 3.58.